The van der Waals surface area contributed by atoms with Crippen LogP contribution in [0.5, 0.6) is 0 Å². The Hall–Kier alpha value is -8.69. The van der Waals surface area contributed by atoms with Crippen molar-refractivity contribution in [2.45, 2.75) is 201 Å². The largest absolute Gasteiger partial charge is 0.385 e. The van der Waals surface area contributed by atoms with Gasteiger partial charge in [0.05, 0.1) is 40.9 Å². The number of carbonyl (C=O) groups is 6. The molecule has 9 aromatic heterocycles. The molecule has 13 aromatic rings. The van der Waals surface area contributed by atoms with Gasteiger partial charge in [-0.15, -0.1) is 90.7 Å². The lowest BCUT2D eigenvalue weighted by molar-refractivity contribution is -0.137. The Morgan fingerprint density at radius 2 is 0.919 bits per heavy atom. The molecule has 0 bridgehead atoms. The summed E-state index contributed by atoms with van der Waals surface area (Å²) in [7, 11) is 1.72. The summed E-state index contributed by atoms with van der Waals surface area (Å²) < 4.78 is 9.81. The third-order valence-electron chi connectivity index (χ3n) is 23.3. The van der Waals surface area contributed by atoms with Crippen LogP contribution in [0.15, 0.2) is 134 Å². The highest BCUT2D eigenvalue weighted by molar-refractivity contribution is 7.24. The zero-order valence-electron chi connectivity index (χ0n) is 71.6. The van der Waals surface area contributed by atoms with Crippen molar-refractivity contribution in [3.05, 3.63) is 191 Å². The van der Waals surface area contributed by atoms with E-state index < -0.39 is 0 Å². The number of nitrogens with one attached hydrogen (secondary N) is 5. The number of para-hydroxylation sites is 4. The van der Waals surface area contributed by atoms with Crippen molar-refractivity contribution in [3.8, 4) is 42.3 Å². The minimum Gasteiger partial charge on any atom is -0.385 e. The number of amides is 4. The molecule has 20 nitrogen and oxygen atoms in total. The zero-order valence-corrected chi connectivity index (χ0v) is 78.2. The predicted molar refractivity (Wildman–Crippen MR) is 515 cm³/mol. The summed E-state index contributed by atoms with van der Waals surface area (Å²) in [5, 5.41) is 22.5. The summed E-state index contributed by atoms with van der Waals surface area (Å²) >= 11 is 13.8. The van der Waals surface area contributed by atoms with Crippen molar-refractivity contribution in [2.75, 3.05) is 63.6 Å². The van der Waals surface area contributed by atoms with Gasteiger partial charge in [-0.3, -0.25) is 48.5 Å². The molecule has 5 N–H and O–H groups in total. The molecule has 4 amide bonds. The zero-order chi connectivity index (χ0) is 86.2. The van der Waals surface area contributed by atoms with Crippen LogP contribution in [0.1, 0.15) is 169 Å². The molecule has 0 aliphatic carbocycles. The quantitative estimate of drug-likeness (QED) is 0.0194. The van der Waals surface area contributed by atoms with Crippen LogP contribution in [-0.2, 0) is 105 Å². The number of thiophene rings is 4. The molecular weight excluding hydrogens is 1700 g/mol. The Morgan fingerprint density at radius 3 is 1.35 bits per heavy atom. The van der Waals surface area contributed by atoms with Gasteiger partial charge < -0.3 is 31.3 Å². The molecule has 14 heterocycles. The monoisotopic (exact) mass is 1810 g/mol. The standard InChI is InChI=1S/C26H27N3OS2.C24H24N4O3S2.C24H32N4OS2.C22H26N2O2S2/c30-19(9-3-1-2-7-18-8-6-13-27-16-18)15-23-25(20-12-14-28-17-24(20)31-23)26-29-21-10-4-5-11-22(21)32-26;1-14(2)27-11-9-15-18(13-27)33-24(22(15)23-25-16-5-3-4-6-17(16)32-23)26-19(29)10-12-28-20(30)7-8-21(28)31;1-5-16(4)25-12-10-21(29)27-24-22(23-26-18-8-6-7-9-19(18)30-23)17-11-13-28(15(2)3)14-20(17)31-24;1-26-12-6-2-3-7-15(25)13-19-21(16-10-11-23-14-20(16)27-19)22-24-17-8-4-5-9-18(17)28-22/h4-6,8,10-11,13,16,28H,1-3,7,9,12,14-15,17H2;3-8,14H,9-13H2,1-2H3,(H,26,29);6-9,15-16,25H,5,10-14H2,1-4H3,(H,27,29);4-5,8-9,23H,2-3,6-7,10-14H2,1H3/t;;16-;/m..1./s1. The molecule has 5 aliphatic rings. The van der Waals surface area contributed by atoms with Gasteiger partial charge in [0.1, 0.15) is 41.6 Å². The topological polar surface area (TPSA) is 246 Å². The van der Waals surface area contributed by atoms with Crippen LogP contribution in [0.3, 0.4) is 0 Å². The number of nitrogens with zero attached hydrogens (tertiary/aromatic N) is 8. The number of ketones is 2. The Bertz CT molecular complexity index is 5790. The molecule has 0 fully saturated rings. The minimum atomic E-state index is -0.372. The number of fused-ring (bicyclic) bond motifs is 8. The number of methoxy groups -OCH3 is 1. The maximum atomic E-state index is 12.9. The van der Waals surface area contributed by atoms with Gasteiger partial charge in [0.15, 0.2) is 0 Å². The molecule has 18 rings (SSSR count). The maximum absolute atomic E-state index is 12.9. The van der Waals surface area contributed by atoms with Gasteiger partial charge >= 0.3 is 0 Å². The molecule has 0 saturated carbocycles. The molecular formula is C96H109N13O7S8. The van der Waals surface area contributed by atoms with Gasteiger partial charge in [-0.05, 0) is 194 Å². The first-order valence-electron chi connectivity index (χ1n) is 43.6. The van der Waals surface area contributed by atoms with E-state index in [1.165, 1.54) is 94.5 Å². The van der Waals surface area contributed by atoms with E-state index >= 15 is 0 Å². The second-order valence-electron chi connectivity index (χ2n) is 32.6. The van der Waals surface area contributed by atoms with Crippen LogP contribution < -0.4 is 26.6 Å². The molecule has 648 valence electrons. The van der Waals surface area contributed by atoms with Crippen molar-refractivity contribution in [2.24, 2.45) is 0 Å². The Labute approximate surface area is 757 Å². The normalized spacial score (nSPS) is 14.7. The van der Waals surface area contributed by atoms with Crippen molar-refractivity contribution < 1.29 is 33.5 Å². The van der Waals surface area contributed by atoms with Gasteiger partial charge in [0.2, 0.25) is 11.8 Å². The summed E-state index contributed by atoms with van der Waals surface area (Å²) in [5.74, 6) is -0.208. The number of carbonyl (C=O) groups excluding carboxylic acids is 6. The molecule has 0 spiro atoms. The summed E-state index contributed by atoms with van der Waals surface area (Å²) in [5.41, 5.74) is 15.5. The number of aromatic nitrogens is 5. The first kappa shape index (κ1) is 90.1. The number of Topliss-reactive ketones (excluding diaryl/α,β-unsaturated/α-hetero) is 2. The Morgan fingerprint density at radius 1 is 0.484 bits per heavy atom. The number of hydrogen-bond acceptors (Lipinski definition) is 25. The molecule has 1 atom stereocenters. The number of rotatable bonds is 32. The first-order valence-corrected chi connectivity index (χ1v) is 50.1. The van der Waals surface area contributed by atoms with Gasteiger partial charge in [0, 0.05) is 199 Å². The lowest BCUT2D eigenvalue weighted by Crippen LogP contribution is -2.35. The number of unbranched alkanes of at least 4 members (excludes halogenated alkanes) is 4. The minimum absolute atomic E-state index is 0.0547. The SMILES string of the molecule is CC(C)N1CCc2c(sc(NC(=O)CCN3C(=O)C=CC3=O)c2-c2nc3ccccc3s2)C1.CC[C@@H](C)NCCC(=O)Nc1sc2c(c1-c1nc3ccccc3s1)CCN(C(C)C)C2.COCCCCCC(=O)Cc1sc2c(c1-c1nc3ccccc3s1)CCNC2.O=C(CCCCCc1cccnc1)Cc1sc2c(c1-c1nc3ccccc3s1)CCNC2. The number of ether oxygens (including phenoxy) is 1. The summed E-state index contributed by atoms with van der Waals surface area (Å²) in [6, 6.07) is 38.4. The number of hydrogen-bond donors (Lipinski definition) is 5. The number of anilines is 2. The first-order chi connectivity index (χ1) is 60.4. The highest BCUT2D eigenvalue weighted by atomic mass is 32.1. The lowest BCUT2D eigenvalue weighted by Gasteiger charge is -2.30. The third kappa shape index (κ3) is 22.5. The fourth-order valence-corrected chi connectivity index (χ4v) is 26.0. The summed E-state index contributed by atoms with van der Waals surface area (Å²) in [6.07, 6.45) is 21.3. The molecule has 124 heavy (non-hydrogen) atoms. The highest BCUT2D eigenvalue weighted by Crippen LogP contribution is 2.50. The van der Waals surface area contributed by atoms with E-state index in [4.69, 9.17) is 24.7 Å². The molecule has 4 aromatic carbocycles. The van der Waals surface area contributed by atoms with E-state index in [2.05, 4.69) is 150 Å². The molecule has 0 saturated heterocycles. The summed E-state index contributed by atoms with van der Waals surface area (Å²) in [6.45, 7) is 22.4. The van der Waals surface area contributed by atoms with Crippen molar-refractivity contribution in [1.82, 2.24) is 55.6 Å². The Balaban J connectivity index is 0.000000128. The van der Waals surface area contributed by atoms with Gasteiger partial charge in [-0.1, -0.05) is 74.4 Å². The number of pyridine rings is 1. The average Bonchev–Trinajstić information content (AvgIpc) is 1.63. The van der Waals surface area contributed by atoms with E-state index in [1.807, 2.05) is 66.2 Å². The fourth-order valence-electron chi connectivity index (χ4n) is 16.3. The Kier molecular flexibility index (Phi) is 31.4. The highest BCUT2D eigenvalue weighted by Gasteiger charge is 2.34. The van der Waals surface area contributed by atoms with Crippen molar-refractivity contribution >= 4 is 177 Å². The van der Waals surface area contributed by atoms with Crippen LogP contribution in [0.25, 0.3) is 83.2 Å². The number of imide groups is 1. The van der Waals surface area contributed by atoms with Crippen LogP contribution in [-0.4, -0.2) is 146 Å². The van der Waals surface area contributed by atoms with E-state index in [-0.39, 0.29) is 36.6 Å². The summed E-state index contributed by atoms with van der Waals surface area (Å²) in [4.78, 5) is 112. The van der Waals surface area contributed by atoms with E-state index in [0.29, 0.717) is 68.3 Å². The van der Waals surface area contributed by atoms with E-state index in [9.17, 15) is 28.8 Å². The van der Waals surface area contributed by atoms with Crippen LogP contribution in [0.4, 0.5) is 10.0 Å². The number of aryl methyl sites for hydroxylation is 1. The number of thiazole rings is 4. The van der Waals surface area contributed by atoms with Crippen molar-refractivity contribution in [1.29, 1.82) is 0 Å². The predicted octanol–water partition coefficient (Wildman–Crippen LogP) is 20.5. The average molecular weight is 1810 g/mol. The van der Waals surface area contributed by atoms with Gasteiger partial charge in [-0.2, -0.15) is 0 Å². The second-order valence-corrected chi connectivity index (χ2v) is 41.3. The molecule has 0 unspecified atom stereocenters. The van der Waals surface area contributed by atoms with E-state index in [1.54, 1.807) is 86.5 Å². The van der Waals surface area contributed by atoms with Gasteiger partial charge in [-0.25, -0.2) is 19.9 Å². The van der Waals surface area contributed by atoms with Gasteiger partial charge in [0.25, 0.3) is 11.8 Å². The molecule has 5 aliphatic heterocycles. The van der Waals surface area contributed by atoms with Crippen molar-refractivity contribution in [3.63, 3.8) is 0 Å². The molecule has 28 heteroatoms. The third-order valence-corrected chi connectivity index (χ3v) is 32.2. The van der Waals surface area contributed by atoms with E-state index in [0.717, 1.165) is 209 Å². The number of benzene rings is 4. The smallest absolute Gasteiger partial charge is 0.253 e. The fraction of sp³-hybridized carbons (Fsp3) is 0.406. The maximum Gasteiger partial charge on any atom is 0.253 e. The van der Waals surface area contributed by atoms with Crippen LogP contribution >= 0.6 is 90.7 Å². The van der Waals surface area contributed by atoms with Crippen LogP contribution in [0.2, 0.25) is 0 Å². The molecule has 0 radical (unpaired) electrons. The lowest BCUT2D eigenvalue weighted by atomic mass is 10.00. The van der Waals surface area contributed by atoms with Crippen LogP contribution in [0, 0.1) is 0 Å². The second kappa shape index (κ2) is 43.2.